The molecule has 4 nitrogen and oxygen atoms in total. The van der Waals surface area contributed by atoms with E-state index < -0.39 is 60.2 Å². The molecule has 0 radical (unpaired) electrons. The summed E-state index contributed by atoms with van der Waals surface area (Å²) in [5.41, 5.74) is -1.99. The highest BCUT2D eigenvalue weighted by Crippen LogP contribution is 2.44. The van der Waals surface area contributed by atoms with Gasteiger partial charge in [0.2, 0.25) is 0 Å². The third-order valence-corrected chi connectivity index (χ3v) is 6.86. The zero-order valence-corrected chi connectivity index (χ0v) is 23.7. The first kappa shape index (κ1) is 35.5. The number of aliphatic hydroxyl groups excluding tert-OH is 1. The largest absolute Gasteiger partial charge is 0.573 e. The predicted octanol–water partition coefficient (Wildman–Crippen LogP) is 9.25. The van der Waals surface area contributed by atoms with E-state index in [1.54, 1.807) is 0 Å². The summed E-state index contributed by atoms with van der Waals surface area (Å²) in [6.45, 7) is -0.953. The third kappa shape index (κ3) is 9.13. The Hall–Kier alpha value is -4.37. The molecule has 0 saturated carbocycles. The summed E-state index contributed by atoms with van der Waals surface area (Å²) in [5, 5.41) is 13.0. The van der Waals surface area contributed by atoms with Crippen molar-refractivity contribution in [2.24, 2.45) is 0 Å². The quantitative estimate of drug-likeness (QED) is 0.155. The van der Waals surface area contributed by atoms with Crippen LogP contribution in [0.1, 0.15) is 45.5 Å². The zero-order valence-electron chi connectivity index (χ0n) is 23.7. The highest BCUT2D eigenvalue weighted by atomic mass is 19.4. The molecule has 0 amide bonds. The second-order valence-corrected chi connectivity index (χ2v) is 10.2. The number of hydrogen-bond donors (Lipinski definition) is 2. The second-order valence-electron chi connectivity index (χ2n) is 10.2. The van der Waals surface area contributed by atoms with Crippen LogP contribution in [0.25, 0.3) is 0 Å². The van der Waals surface area contributed by atoms with E-state index in [2.05, 4.69) is 10.1 Å². The Bertz CT molecular complexity index is 1640. The van der Waals surface area contributed by atoms with Gasteiger partial charge in [0.25, 0.3) is 0 Å². The fourth-order valence-corrected chi connectivity index (χ4v) is 4.59. The molecule has 0 heterocycles. The Labute approximate surface area is 260 Å². The van der Waals surface area contributed by atoms with Crippen LogP contribution in [0.2, 0.25) is 0 Å². The number of aliphatic hydroxyl groups is 1. The molecule has 2 atom stereocenters. The number of ether oxygens (including phenoxy) is 2. The molecule has 47 heavy (non-hydrogen) atoms. The van der Waals surface area contributed by atoms with E-state index >= 15 is 0 Å². The lowest BCUT2D eigenvalue weighted by molar-refractivity contribution is -0.289. The van der Waals surface area contributed by atoms with E-state index in [1.807, 2.05) is 0 Å². The van der Waals surface area contributed by atoms with Crippen molar-refractivity contribution in [3.8, 4) is 11.5 Å². The van der Waals surface area contributed by atoms with E-state index in [9.17, 15) is 53.4 Å². The Morgan fingerprint density at radius 2 is 1.17 bits per heavy atom. The normalized spacial score (nSPS) is 14.0. The van der Waals surface area contributed by atoms with Crippen molar-refractivity contribution in [2.75, 3.05) is 6.61 Å². The molecule has 0 saturated heterocycles. The third-order valence-electron chi connectivity index (χ3n) is 6.86. The van der Waals surface area contributed by atoms with Crippen LogP contribution in [0.3, 0.4) is 0 Å². The maximum absolute atomic E-state index is 14.3. The Balaban J connectivity index is 1.68. The molecule has 0 aliphatic carbocycles. The molecule has 0 aliphatic rings. The SMILES string of the molecule is OCC(NC(c1cccc(OCc2ccc(OC(F)(F)F)cc2)c1)c1cccc(C(F)(F)C(F)(F)F)c1)c1cccc(C(F)(F)F)c1. The summed E-state index contributed by atoms with van der Waals surface area (Å²) >= 11 is 0. The average molecular weight is 680 g/mol. The minimum Gasteiger partial charge on any atom is -0.489 e. The lowest BCUT2D eigenvalue weighted by Crippen LogP contribution is -2.34. The van der Waals surface area contributed by atoms with Gasteiger partial charge in [0.1, 0.15) is 18.1 Å². The van der Waals surface area contributed by atoms with Crippen molar-refractivity contribution in [1.82, 2.24) is 5.32 Å². The standard InChI is InChI=1S/C32H24F11NO3/c33-29(34,31(38,39)40)23-7-2-5-21(15-23)28(44-27(17-45)20-4-1-8-24(14-20)30(35,36)37)22-6-3-9-26(16-22)46-18-19-10-12-25(13-11-19)47-32(41,42)43/h1-16,27-28,44-45H,17-18H2. The summed E-state index contributed by atoms with van der Waals surface area (Å²) < 4.78 is 155. The lowest BCUT2D eigenvalue weighted by atomic mass is 9.93. The number of alkyl halides is 11. The molecule has 252 valence electrons. The van der Waals surface area contributed by atoms with Crippen LogP contribution in [0.5, 0.6) is 11.5 Å². The fraction of sp³-hybridized carbons (Fsp3) is 0.250. The number of nitrogens with one attached hydrogen (secondary N) is 1. The number of hydrogen-bond acceptors (Lipinski definition) is 4. The van der Waals surface area contributed by atoms with Crippen LogP contribution in [-0.4, -0.2) is 24.3 Å². The summed E-state index contributed by atoms with van der Waals surface area (Å²) in [7, 11) is 0. The summed E-state index contributed by atoms with van der Waals surface area (Å²) in [5.74, 6) is -5.56. The molecule has 0 aliphatic heterocycles. The monoisotopic (exact) mass is 679 g/mol. The van der Waals surface area contributed by atoms with Gasteiger partial charge in [0, 0.05) is 5.56 Å². The number of halogens is 11. The van der Waals surface area contributed by atoms with E-state index in [0.717, 1.165) is 36.4 Å². The molecule has 0 bridgehead atoms. The molecule has 0 fully saturated rings. The Morgan fingerprint density at radius 3 is 1.74 bits per heavy atom. The van der Waals surface area contributed by atoms with Crippen LogP contribution < -0.4 is 14.8 Å². The molecule has 0 aromatic heterocycles. The smallest absolute Gasteiger partial charge is 0.489 e. The van der Waals surface area contributed by atoms with Crippen molar-refractivity contribution in [1.29, 1.82) is 0 Å². The molecule has 2 N–H and O–H groups in total. The van der Waals surface area contributed by atoms with E-state index in [4.69, 9.17) is 4.74 Å². The van der Waals surface area contributed by atoms with Gasteiger partial charge in [0.15, 0.2) is 0 Å². The molecule has 2 unspecified atom stereocenters. The highest BCUT2D eigenvalue weighted by Gasteiger charge is 2.58. The van der Waals surface area contributed by atoms with Crippen molar-refractivity contribution >= 4 is 0 Å². The van der Waals surface area contributed by atoms with Crippen LogP contribution >= 0.6 is 0 Å². The number of rotatable bonds is 11. The van der Waals surface area contributed by atoms with Crippen molar-refractivity contribution in [2.45, 2.75) is 43.3 Å². The first-order chi connectivity index (χ1) is 21.9. The minimum atomic E-state index is -5.93. The van der Waals surface area contributed by atoms with Crippen molar-refractivity contribution in [3.05, 3.63) is 130 Å². The topological polar surface area (TPSA) is 50.7 Å². The van der Waals surface area contributed by atoms with Gasteiger partial charge in [-0.05, 0) is 64.7 Å². The van der Waals surface area contributed by atoms with E-state index in [1.165, 1.54) is 48.5 Å². The summed E-state index contributed by atoms with van der Waals surface area (Å²) in [4.78, 5) is 0. The summed E-state index contributed by atoms with van der Waals surface area (Å²) in [6, 6.07) is 15.3. The zero-order chi connectivity index (χ0) is 34.6. The molecule has 4 aromatic carbocycles. The van der Waals surface area contributed by atoms with Gasteiger partial charge < -0.3 is 14.6 Å². The molecule has 4 aromatic rings. The van der Waals surface area contributed by atoms with Gasteiger partial charge in [-0.1, -0.05) is 54.6 Å². The van der Waals surface area contributed by atoms with Gasteiger partial charge in [-0.15, -0.1) is 13.2 Å². The number of benzene rings is 4. The molecular formula is C32H24F11NO3. The molecule has 4 rings (SSSR count). The van der Waals surface area contributed by atoms with Gasteiger partial charge in [-0.2, -0.15) is 35.1 Å². The summed E-state index contributed by atoms with van der Waals surface area (Å²) in [6.07, 6.45) is -15.5. The average Bonchev–Trinajstić information content (AvgIpc) is 3.00. The predicted molar refractivity (Wildman–Crippen MR) is 147 cm³/mol. The lowest BCUT2D eigenvalue weighted by Gasteiger charge is -2.28. The van der Waals surface area contributed by atoms with Crippen LogP contribution in [0.4, 0.5) is 48.3 Å². The van der Waals surface area contributed by atoms with Gasteiger partial charge in [-0.25, -0.2) is 0 Å². The highest BCUT2D eigenvalue weighted by molar-refractivity contribution is 5.40. The maximum Gasteiger partial charge on any atom is 0.573 e. The van der Waals surface area contributed by atoms with Crippen LogP contribution in [0.15, 0.2) is 97.1 Å². The fourth-order valence-electron chi connectivity index (χ4n) is 4.59. The maximum atomic E-state index is 14.3. The molecule has 0 spiro atoms. The minimum absolute atomic E-state index is 0.0468. The Kier molecular flexibility index (Phi) is 10.4. The van der Waals surface area contributed by atoms with Crippen molar-refractivity contribution in [3.63, 3.8) is 0 Å². The van der Waals surface area contributed by atoms with Gasteiger partial charge in [-0.3, -0.25) is 5.32 Å². The van der Waals surface area contributed by atoms with E-state index in [-0.39, 0.29) is 29.0 Å². The van der Waals surface area contributed by atoms with Crippen molar-refractivity contribution < 1.29 is 62.9 Å². The first-order valence-corrected chi connectivity index (χ1v) is 13.5. The first-order valence-electron chi connectivity index (χ1n) is 13.5. The van der Waals surface area contributed by atoms with E-state index in [0.29, 0.717) is 17.7 Å². The van der Waals surface area contributed by atoms with Gasteiger partial charge >= 0.3 is 24.6 Å². The van der Waals surface area contributed by atoms with Crippen LogP contribution in [0, 0.1) is 0 Å². The van der Waals surface area contributed by atoms with Gasteiger partial charge in [0.05, 0.1) is 24.3 Å². The molecular weight excluding hydrogens is 655 g/mol. The van der Waals surface area contributed by atoms with Crippen LogP contribution in [-0.2, 0) is 18.7 Å². The Morgan fingerprint density at radius 1 is 0.617 bits per heavy atom. The second kappa shape index (κ2) is 13.8. The molecule has 15 heteroatoms.